The summed E-state index contributed by atoms with van der Waals surface area (Å²) in [5.74, 6) is -0.142. The van der Waals surface area contributed by atoms with Gasteiger partial charge in [-0.15, -0.1) is 0 Å². The predicted molar refractivity (Wildman–Crippen MR) is 58.4 cm³/mol. The lowest BCUT2D eigenvalue weighted by Gasteiger charge is -2.34. The molecule has 1 atom stereocenters. The number of hydrogen-bond donors (Lipinski definition) is 0. The molecule has 0 bridgehead atoms. The summed E-state index contributed by atoms with van der Waals surface area (Å²) in [5.41, 5.74) is 1.67. The van der Waals surface area contributed by atoms with Crippen LogP contribution in [-0.4, -0.2) is 13.3 Å². The lowest BCUT2D eigenvalue weighted by atomic mass is 10.1. The van der Waals surface area contributed by atoms with Crippen molar-refractivity contribution >= 4 is 5.69 Å². The summed E-state index contributed by atoms with van der Waals surface area (Å²) in [6.45, 7) is 5.36. The van der Waals surface area contributed by atoms with Crippen molar-refractivity contribution in [2.24, 2.45) is 0 Å². The van der Waals surface area contributed by atoms with Crippen LogP contribution in [0.5, 0.6) is 0 Å². The van der Waals surface area contributed by atoms with Crippen molar-refractivity contribution in [2.75, 3.05) is 18.2 Å². The van der Waals surface area contributed by atoms with Gasteiger partial charge in [0, 0.05) is 12.1 Å². The standard InChI is InChI=1S/C12H16FNO/c1-3-7-14-8-15-9(2)10-5-4-6-11(13)12(10)14/h4-6,9H,3,7-8H2,1-2H3. The molecule has 2 nitrogen and oxygen atoms in total. The summed E-state index contributed by atoms with van der Waals surface area (Å²) >= 11 is 0. The zero-order valence-electron chi connectivity index (χ0n) is 9.16. The Kier molecular flexibility index (Phi) is 2.91. The molecule has 82 valence electrons. The molecule has 1 aliphatic heterocycles. The molecule has 0 saturated carbocycles. The van der Waals surface area contributed by atoms with E-state index in [-0.39, 0.29) is 11.9 Å². The third kappa shape index (κ3) is 1.84. The molecule has 15 heavy (non-hydrogen) atoms. The molecule has 0 N–H and O–H groups in total. The first-order chi connectivity index (χ1) is 7.24. The largest absolute Gasteiger partial charge is 0.353 e. The predicted octanol–water partition coefficient (Wildman–Crippen LogP) is 3.09. The minimum Gasteiger partial charge on any atom is -0.353 e. The Bertz CT molecular complexity index is 353. The highest BCUT2D eigenvalue weighted by Crippen LogP contribution is 2.35. The van der Waals surface area contributed by atoms with Crippen LogP contribution in [0.1, 0.15) is 31.9 Å². The van der Waals surface area contributed by atoms with Crippen LogP contribution in [0, 0.1) is 5.82 Å². The number of nitrogens with zero attached hydrogens (tertiary/aromatic N) is 1. The second-order valence-corrected chi connectivity index (χ2v) is 3.88. The number of rotatable bonds is 2. The highest BCUT2D eigenvalue weighted by Gasteiger charge is 2.24. The van der Waals surface area contributed by atoms with Crippen molar-refractivity contribution in [3.63, 3.8) is 0 Å². The highest BCUT2D eigenvalue weighted by molar-refractivity contribution is 5.56. The third-order valence-corrected chi connectivity index (χ3v) is 2.75. The van der Waals surface area contributed by atoms with Crippen molar-refractivity contribution < 1.29 is 9.13 Å². The average molecular weight is 209 g/mol. The maximum absolute atomic E-state index is 13.7. The number of halogens is 1. The smallest absolute Gasteiger partial charge is 0.146 e. The van der Waals surface area contributed by atoms with E-state index in [1.807, 2.05) is 17.9 Å². The van der Waals surface area contributed by atoms with Crippen LogP contribution in [0.2, 0.25) is 0 Å². The van der Waals surface area contributed by atoms with E-state index in [9.17, 15) is 4.39 Å². The van der Waals surface area contributed by atoms with Gasteiger partial charge in [0.05, 0.1) is 11.8 Å². The first-order valence-corrected chi connectivity index (χ1v) is 5.39. The highest BCUT2D eigenvalue weighted by atomic mass is 19.1. The fraction of sp³-hybridized carbons (Fsp3) is 0.500. The molecule has 0 spiro atoms. The van der Waals surface area contributed by atoms with Gasteiger partial charge in [-0.05, 0) is 19.4 Å². The fourth-order valence-corrected chi connectivity index (χ4v) is 2.00. The Hall–Kier alpha value is -1.09. The Labute approximate surface area is 89.7 Å². The molecule has 0 amide bonds. The summed E-state index contributed by atoms with van der Waals surface area (Å²) in [4.78, 5) is 1.96. The minimum atomic E-state index is -0.142. The zero-order valence-corrected chi connectivity index (χ0v) is 9.16. The lowest BCUT2D eigenvalue weighted by Crippen LogP contribution is -2.33. The van der Waals surface area contributed by atoms with Gasteiger partial charge in [-0.3, -0.25) is 0 Å². The number of anilines is 1. The molecule has 1 aromatic rings. The van der Waals surface area contributed by atoms with Crippen LogP contribution in [0.4, 0.5) is 10.1 Å². The summed E-state index contributed by atoms with van der Waals surface area (Å²) in [6, 6.07) is 5.19. The molecule has 0 aromatic heterocycles. The number of para-hydroxylation sites is 1. The van der Waals surface area contributed by atoms with Crippen LogP contribution in [-0.2, 0) is 4.74 Å². The van der Waals surface area contributed by atoms with Crippen molar-refractivity contribution in [1.82, 2.24) is 0 Å². The summed E-state index contributed by atoms with van der Waals surface area (Å²) in [7, 11) is 0. The fourth-order valence-electron chi connectivity index (χ4n) is 2.00. The summed E-state index contributed by atoms with van der Waals surface area (Å²) < 4.78 is 19.3. The van der Waals surface area contributed by atoms with Gasteiger partial charge in [-0.1, -0.05) is 19.1 Å². The third-order valence-electron chi connectivity index (χ3n) is 2.75. The molecular formula is C12H16FNO. The number of fused-ring (bicyclic) bond motifs is 1. The molecule has 0 fully saturated rings. The second-order valence-electron chi connectivity index (χ2n) is 3.88. The van der Waals surface area contributed by atoms with E-state index in [4.69, 9.17) is 4.74 Å². The van der Waals surface area contributed by atoms with E-state index in [0.29, 0.717) is 6.73 Å². The Morgan fingerprint density at radius 2 is 2.33 bits per heavy atom. The van der Waals surface area contributed by atoms with Gasteiger partial charge in [0.1, 0.15) is 12.5 Å². The molecule has 0 aliphatic carbocycles. The van der Waals surface area contributed by atoms with Crippen LogP contribution in [0.3, 0.4) is 0 Å². The molecule has 1 aromatic carbocycles. The van der Waals surface area contributed by atoms with Gasteiger partial charge in [-0.25, -0.2) is 4.39 Å². The summed E-state index contributed by atoms with van der Waals surface area (Å²) in [6.07, 6.45) is 0.981. The number of hydrogen-bond acceptors (Lipinski definition) is 2. The quantitative estimate of drug-likeness (QED) is 0.742. The molecule has 1 aliphatic rings. The molecule has 1 heterocycles. The first-order valence-electron chi connectivity index (χ1n) is 5.39. The number of ether oxygens (including phenoxy) is 1. The maximum atomic E-state index is 13.7. The molecular weight excluding hydrogens is 193 g/mol. The number of benzene rings is 1. The van der Waals surface area contributed by atoms with Crippen LogP contribution in [0.15, 0.2) is 18.2 Å². The van der Waals surface area contributed by atoms with Crippen molar-refractivity contribution in [3.8, 4) is 0 Å². The summed E-state index contributed by atoms with van der Waals surface area (Å²) in [5, 5.41) is 0. The second kappa shape index (κ2) is 4.19. The van der Waals surface area contributed by atoms with Gasteiger partial charge in [0.25, 0.3) is 0 Å². The van der Waals surface area contributed by atoms with Gasteiger partial charge in [-0.2, -0.15) is 0 Å². The van der Waals surface area contributed by atoms with Gasteiger partial charge >= 0.3 is 0 Å². The van der Waals surface area contributed by atoms with E-state index in [0.717, 1.165) is 24.2 Å². The SMILES string of the molecule is CCCN1COC(C)c2cccc(F)c21. The van der Waals surface area contributed by atoms with E-state index in [1.54, 1.807) is 6.07 Å². The van der Waals surface area contributed by atoms with Gasteiger partial charge in [0.2, 0.25) is 0 Å². The molecule has 0 saturated heterocycles. The van der Waals surface area contributed by atoms with Crippen molar-refractivity contribution in [3.05, 3.63) is 29.6 Å². The van der Waals surface area contributed by atoms with E-state index >= 15 is 0 Å². The van der Waals surface area contributed by atoms with E-state index in [2.05, 4.69) is 6.92 Å². The Morgan fingerprint density at radius 3 is 3.07 bits per heavy atom. The van der Waals surface area contributed by atoms with Crippen LogP contribution >= 0.6 is 0 Å². The Morgan fingerprint density at radius 1 is 1.53 bits per heavy atom. The van der Waals surface area contributed by atoms with Crippen LogP contribution < -0.4 is 4.90 Å². The molecule has 2 rings (SSSR count). The molecule has 3 heteroatoms. The van der Waals surface area contributed by atoms with Gasteiger partial charge in [0.15, 0.2) is 0 Å². The maximum Gasteiger partial charge on any atom is 0.146 e. The van der Waals surface area contributed by atoms with E-state index in [1.165, 1.54) is 6.07 Å². The molecule has 0 radical (unpaired) electrons. The topological polar surface area (TPSA) is 12.5 Å². The minimum absolute atomic E-state index is 0.0104. The van der Waals surface area contributed by atoms with Crippen molar-refractivity contribution in [2.45, 2.75) is 26.4 Å². The van der Waals surface area contributed by atoms with Crippen molar-refractivity contribution in [1.29, 1.82) is 0 Å². The van der Waals surface area contributed by atoms with Gasteiger partial charge < -0.3 is 9.64 Å². The zero-order chi connectivity index (χ0) is 10.8. The lowest BCUT2D eigenvalue weighted by molar-refractivity contribution is 0.0549. The first kappa shape index (κ1) is 10.4. The average Bonchev–Trinajstić information content (AvgIpc) is 2.23. The molecule has 1 unspecified atom stereocenters. The Balaban J connectivity index is 2.42. The monoisotopic (exact) mass is 209 g/mol. The van der Waals surface area contributed by atoms with E-state index < -0.39 is 0 Å². The van der Waals surface area contributed by atoms with Crippen LogP contribution in [0.25, 0.3) is 0 Å². The normalized spacial score (nSPS) is 20.2.